The molecular weight excluding hydrogens is 298 g/mol. The number of aliphatic hydroxyl groups excluding tert-OH is 1. The molecule has 5 heteroatoms. The summed E-state index contributed by atoms with van der Waals surface area (Å²) in [6, 6.07) is 17.7. The predicted molar refractivity (Wildman–Crippen MR) is 85.7 cm³/mol. The maximum Gasteiger partial charge on any atom is 0.112 e. The molecule has 4 nitrogen and oxygen atoms in total. The van der Waals surface area contributed by atoms with E-state index in [0.29, 0.717) is 23.7 Å². The summed E-state index contributed by atoms with van der Waals surface area (Å²) in [4.78, 5) is 0. The van der Waals surface area contributed by atoms with Crippen molar-refractivity contribution in [3.05, 3.63) is 82.1 Å². The monoisotopic (exact) mass is 313 g/mol. The molecule has 1 aromatic heterocycles. The van der Waals surface area contributed by atoms with Gasteiger partial charge in [0.25, 0.3) is 0 Å². The molecule has 0 spiro atoms. The van der Waals surface area contributed by atoms with Crippen LogP contribution in [0.4, 0.5) is 0 Å². The van der Waals surface area contributed by atoms with Gasteiger partial charge in [-0.15, -0.1) is 5.10 Å². The average Bonchev–Trinajstić information content (AvgIpc) is 2.92. The molecule has 0 aliphatic carbocycles. The Morgan fingerprint density at radius 2 is 1.73 bits per heavy atom. The molecule has 0 saturated heterocycles. The molecule has 1 N–H and O–H groups in total. The number of hydrogen-bond donors (Lipinski definition) is 1. The van der Waals surface area contributed by atoms with Gasteiger partial charge in [-0.05, 0) is 17.2 Å². The summed E-state index contributed by atoms with van der Waals surface area (Å²) >= 11 is 6.22. The van der Waals surface area contributed by atoms with E-state index in [2.05, 4.69) is 10.3 Å². The quantitative estimate of drug-likeness (QED) is 0.787. The van der Waals surface area contributed by atoms with Crippen molar-refractivity contribution in [2.75, 3.05) is 0 Å². The maximum absolute atomic E-state index is 9.49. The highest BCUT2D eigenvalue weighted by atomic mass is 35.5. The summed E-state index contributed by atoms with van der Waals surface area (Å²) in [5.41, 5.74) is 3.65. The number of benzene rings is 2. The second-order valence-corrected chi connectivity index (χ2v) is 5.46. The SMILES string of the molecule is OCc1nnn(Cc2ccccc2Cl)c1Cc1ccccc1. The minimum atomic E-state index is -0.120. The molecule has 2 aromatic carbocycles. The summed E-state index contributed by atoms with van der Waals surface area (Å²) in [5.74, 6) is 0. The Morgan fingerprint density at radius 1 is 1.00 bits per heavy atom. The first kappa shape index (κ1) is 14.8. The standard InChI is InChI=1S/C17H16ClN3O/c18-15-9-5-4-8-14(15)11-21-17(16(12-22)19-20-21)10-13-6-2-1-3-7-13/h1-9,22H,10-12H2. The molecule has 0 saturated carbocycles. The van der Waals surface area contributed by atoms with Crippen molar-refractivity contribution in [2.45, 2.75) is 19.6 Å². The Hall–Kier alpha value is -2.17. The van der Waals surface area contributed by atoms with Gasteiger partial charge in [0, 0.05) is 11.4 Å². The van der Waals surface area contributed by atoms with Crippen molar-refractivity contribution in [1.82, 2.24) is 15.0 Å². The number of aliphatic hydroxyl groups is 1. The van der Waals surface area contributed by atoms with Gasteiger partial charge in [-0.25, -0.2) is 4.68 Å². The van der Waals surface area contributed by atoms with Crippen LogP contribution in [0, 0.1) is 0 Å². The molecule has 0 aliphatic rings. The summed E-state index contributed by atoms with van der Waals surface area (Å²) in [6.07, 6.45) is 0.675. The van der Waals surface area contributed by atoms with Crippen LogP contribution in [0.2, 0.25) is 5.02 Å². The van der Waals surface area contributed by atoms with Crippen LogP contribution in [-0.2, 0) is 19.6 Å². The van der Waals surface area contributed by atoms with E-state index >= 15 is 0 Å². The lowest BCUT2D eigenvalue weighted by atomic mass is 10.1. The van der Waals surface area contributed by atoms with E-state index in [1.54, 1.807) is 4.68 Å². The minimum absolute atomic E-state index is 0.120. The lowest BCUT2D eigenvalue weighted by Crippen LogP contribution is -2.08. The van der Waals surface area contributed by atoms with Crippen molar-refractivity contribution >= 4 is 11.6 Å². The maximum atomic E-state index is 9.49. The third kappa shape index (κ3) is 3.18. The Kier molecular flexibility index (Phi) is 4.51. The Balaban J connectivity index is 1.92. The average molecular weight is 314 g/mol. The molecule has 0 atom stereocenters. The minimum Gasteiger partial charge on any atom is -0.390 e. The van der Waals surface area contributed by atoms with Crippen LogP contribution >= 0.6 is 11.6 Å². The Morgan fingerprint density at radius 3 is 2.45 bits per heavy atom. The van der Waals surface area contributed by atoms with E-state index in [1.165, 1.54) is 0 Å². The molecular formula is C17H16ClN3O. The van der Waals surface area contributed by atoms with Gasteiger partial charge in [0.2, 0.25) is 0 Å². The first-order chi connectivity index (χ1) is 10.8. The van der Waals surface area contributed by atoms with E-state index in [0.717, 1.165) is 16.8 Å². The molecule has 0 radical (unpaired) electrons. The Labute approximate surface area is 134 Å². The van der Waals surface area contributed by atoms with Crippen LogP contribution < -0.4 is 0 Å². The summed E-state index contributed by atoms with van der Waals surface area (Å²) in [6.45, 7) is 0.416. The van der Waals surface area contributed by atoms with E-state index in [9.17, 15) is 5.11 Å². The van der Waals surface area contributed by atoms with Crippen molar-refractivity contribution in [3.63, 3.8) is 0 Å². The van der Waals surface area contributed by atoms with Gasteiger partial charge in [-0.2, -0.15) is 0 Å². The van der Waals surface area contributed by atoms with Crippen molar-refractivity contribution in [3.8, 4) is 0 Å². The summed E-state index contributed by atoms with van der Waals surface area (Å²) in [7, 11) is 0. The highest BCUT2D eigenvalue weighted by Crippen LogP contribution is 2.19. The molecule has 3 rings (SSSR count). The number of aromatic nitrogens is 3. The van der Waals surface area contributed by atoms with Crippen LogP contribution in [0.1, 0.15) is 22.5 Å². The van der Waals surface area contributed by atoms with E-state index in [-0.39, 0.29) is 6.61 Å². The summed E-state index contributed by atoms with van der Waals surface area (Å²) in [5, 5.41) is 18.4. The van der Waals surface area contributed by atoms with Gasteiger partial charge in [0.1, 0.15) is 5.69 Å². The van der Waals surface area contributed by atoms with E-state index in [1.807, 2.05) is 54.6 Å². The fourth-order valence-electron chi connectivity index (χ4n) is 2.39. The van der Waals surface area contributed by atoms with Crippen molar-refractivity contribution in [2.24, 2.45) is 0 Å². The molecule has 1 heterocycles. The van der Waals surface area contributed by atoms with Gasteiger partial charge < -0.3 is 5.11 Å². The highest BCUT2D eigenvalue weighted by Gasteiger charge is 2.14. The number of halogens is 1. The second kappa shape index (κ2) is 6.73. The molecule has 0 amide bonds. The molecule has 0 aliphatic heterocycles. The fraction of sp³-hybridized carbons (Fsp3) is 0.176. The zero-order valence-electron chi connectivity index (χ0n) is 12.0. The number of nitrogens with zero attached hydrogens (tertiary/aromatic N) is 3. The topological polar surface area (TPSA) is 50.9 Å². The van der Waals surface area contributed by atoms with Crippen molar-refractivity contribution < 1.29 is 5.11 Å². The molecule has 0 bridgehead atoms. The zero-order valence-corrected chi connectivity index (χ0v) is 12.7. The number of rotatable bonds is 5. The lowest BCUT2D eigenvalue weighted by molar-refractivity contribution is 0.275. The normalized spacial score (nSPS) is 10.8. The van der Waals surface area contributed by atoms with Gasteiger partial charge in [0.15, 0.2) is 0 Å². The van der Waals surface area contributed by atoms with Crippen molar-refractivity contribution in [1.29, 1.82) is 0 Å². The lowest BCUT2D eigenvalue weighted by Gasteiger charge is -2.09. The predicted octanol–water partition coefficient (Wildman–Crippen LogP) is 3.06. The van der Waals surface area contributed by atoms with Crippen LogP contribution in [-0.4, -0.2) is 20.1 Å². The molecule has 22 heavy (non-hydrogen) atoms. The van der Waals surface area contributed by atoms with Crippen LogP contribution in [0.25, 0.3) is 0 Å². The van der Waals surface area contributed by atoms with Gasteiger partial charge in [-0.1, -0.05) is 65.3 Å². The smallest absolute Gasteiger partial charge is 0.112 e. The van der Waals surface area contributed by atoms with Gasteiger partial charge in [-0.3, -0.25) is 0 Å². The largest absolute Gasteiger partial charge is 0.390 e. The highest BCUT2D eigenvalue weighted by molar-refractivity contribution is 6.31. The molecule has 0 unspecified atom stereocenters. The fourth-order valence-corrected chi connectivity index (χ4v) is 2.58. The third-order valence-corrected chi connectivity index (χ3v) is 3.93. The van der Waals surface area contributed by atoms with Crippen LogP contribution in [0.15, 0.2) is 54.6 Å². The zero-order chi connectivity index (χ0) is 15.4. The first-order valence-corrected chi connectivity index (χ1v) is 7.45. The summed E-state index contributed by atoms with van der Waals surface area (Å²) < 4.78 is 1.81. The second-order valence-electron chi connectivity index (χ2n) is 5.05. The molecule has 3 aromatic rings. The van der Waals surface area contributed by atoms with Crippen LogP contribution in [0.3, 0.4) is 0 Å². The number of hydrogen-bond acceptors (Lipinski definition) is 3. The van der Waals surface area contributed by atoms with Gasteiger partial charge >= 0.3 is 0 Å². The van der Waals surface area contributed by atoms with Crippen LogP contribution in [0.5, 0.6) is 0 Å². The molecule has 0 fully saturated rings. The molecule has 112 valence electrons. The first-order valence-electron chi connectivity index (χ1n) is 7.07. The Bertz CT molecular complexity index is 756. The van der Waals surface area contributed by atoms with E-state index in [4.69, 9.17) is 11.6 Å². The van der Waals surface area contributed by atoms with E-state index < -0.39 is 0 Å². The third-order valence-electron chi connectivity index (χ3n) is 3.56. The van der Waals surface area contributed by atoms with Gasteiger partial charge in [0.05, 0.1) is 18.8 Å².